The molecular formula is C11H11BrF3NO3. The van der Waals surface area contributed by atoms with Gasteiger partial charge in [0.1, 0.15) is 0 Å². The van der Waals surface area contributed by atoms with E-state index >= 15 is 0 Å². The second-order valence-corrected chi connectivity index (χ2v) is 4.46. The first-order valence-corrected chi connectivity index (χ1v) is 6.03. The zero-order chi connectivity index (χ0) is 14.7. The number of alkyl halides is 1. The van der Waals surface area contributed by atoms with E-state index in [1.54, 1.807) is 0 Å². The molecule has 1 aromatic carbocycles. The largest absolute Gasteiger partial charge is 0.505 e. The van der Waals surface area contributed by atoms with Crippen LogP contribution in [0.1, 0.15) is 18.5 Å². The lowest BCUT2D eigenvalue weighted by molar-refractivity contribution is -0.149. The van der Waals surface area contributed by atoms with Crippen LogP contribution in [-0.4, -0.2) is 23.9 Å². The molecule has 1 rings (SSSR count). The molecule has 0 amide bonds. The van der Waals surface area contributed by atoms with E-state index in [0.29, 0.717) is 0 Å². The third kappa shape index (κ3) is 3.19. The summed E-state index contributed by atoms with van der Waals surface area (Å²) < 4.78 is 44.1. The van der Waals surface area contributed by atoms with Crippen molar-refractivity contribution in [3.63, 3.8) is 0 Å². The van der Waals surface area contributed by atoms with Gasteiger partial charge in [0, 0.05) is 5.56 Å². The minimum absolute atomic E-state index is 0.0561. The summed E-state index contributed by atoms with van der Waals surface area (Å²) in [6.45, 7) is 1.42. The summed E-state index contributed by atoms with van der Waals surface area (Å²) in [4.78, 5) is 11.2. The highest BCUT2D eigenvalue weighted by atomic mass is 79.9. The molecule has 8 heteroatoms. The SMILES string of the molecule is CCOC(=O)C(F)[C@H](N)c1cc(Br)c(F)c(F)c1O. The van der Waals surface area contributed by atoms with Crippen LogP contribution in [0.2, 0.25) is 0 Å². The molecule has 0 aliphatic carbocycles. The summed E-state index contributed by atoms with van der Waals surface area (Å²) >= 11 is 2.70. The van der Waals surface area contributed by atoms with E-state index in [2.05, 4.69) is 20.7 Å². The Morgan fingerprint density at radius 3 is 2.63 bits per heavy atom. The fraction of sp³-hybridized carbons (Fsp3) is 0.364. The predicted octanol–water partition coefficient (Wildman–Crippen LogP) is 2.33. The number of nitrogens with two attached hydrogens (primary N) is 1. The first kappa shape index (κ1) is 15.8. The van der Waals surface area contributed by atoms with Crippen LogP contribution in [0, 0.1) is 11.6 Å². The fourth-order valence-electron chi connectivity index (χ4n) is 1.38. The third-order valence-corrected chi connectivity index (χ3v) is 2.93. The first-order valence-electron chi connectivity index (χ1n) is 5.23. The van der Waals surface area contributed by atoms with Crippen molar-refractivity contribution in [3.05, 3.63) is 27.7 Å². The quantitative estimate of drug-likeness (QED) is 0.651. The lowest BCUT2D eigenvalue weighted by Crippen LogP contribution is -2.31. The van der Waals surface area contributed by atoms with Crippen molar-refractivity contribution < 1.29 is 27.8 Å². The van der Waals surface area contributed by atoms with E-state index in [9.17, 15) is 23.1 Å². The molecule has 0 spiro atoms. The number of phenols is 1. The van der Waals surface area contributed by atoms with Crippen LogP contribution in [0.4, 0.5) is 13.2 Å². The van der Waals surface area contributed by atoms with Gasteiger partial charge < -0.3 is 15.6 Å². The minimum atomic E-state index is -2.30. The van der Waals surface area contributed by atoms with Crippen LogP contribution in [0.3, 0.4) is 0 Å². The van der Waals surface area contributed by atoms with Gasteiger partial charge in [0.15, 0.2) is 11.6 Å². The molecule has 3 N–H and O–H groups in total. The van der Waals surface area contributed by atoms with E-state index in [0.717, 1.165) is 6.07 Å². The van der Waals surface area contributed by atoms with E-state index in [-0.39, 0.29) is 11.1 Å². The molecule has 0 fully saturated rings. The number of carbonyl (C=O) groups excluding carboxylic acids is 1. The van der Waals surface area contributed by atoms with Crippen molar-refractivity contribution in [2.75, 3.05) is 6.61 Å². The maximum atomic E-state index is 13.7. The smallest absolute Gasteiger partial charge is 0.342 e. The second-order valence-electron chi connectivity index (χ2n) is 3.60. The van der Waals surface area contributed by atoms with Crippen LogP contribution >= 0.6 is 15.9 Å². The Labute approximate surface area is 115 Å². The van der Waals surface area contributed by atoms with Gasteiger partial charge in [-0.25, -0.2) is 13.6 Å². The van der Waals surface area contributed by atoms with Crippen LogP contribution in [-0.2, 0) is 9.53 Å². The molecule has 0 radical (unpaired) electrons. The van der Waals surface area contributed by atoms with Gasteiger partial charge in [-0.05, 0) is 28.9 Å². The maximum Gasteiger partial charge on any atom is 0.342 e. The number of phenolic OH excluding ortho intramolecular Hbond substituents is 1. The van der Waals surface area contributed by atoms with Gasteiger partial charge >= 0.3 is 5.97 Å². The van der Waals surface area contributed by atoms with Gasteiger partial charge in [-0.15, -0.1) is 0 Å². The number of benzene rings is 1. The normalized spacial score (nSPS) is 14.0. The highest BCUT2D eigenvalue weighted by Gasteiger charge is 2.31. The number of rotatable bonds is 4. The zero-order valence-corrected chi connectivity index (χ0v) is 11.4. The predicted molar refractivity (Wildman–Crippen MR) is 64.2 cm³/mol. The Morgan fingerprint density at radius 1 is 1.53 bits per heavy atom. The molecule has 1 aromatic rings. The summed E-state index contributed by atoms with van der Waals surface area (Å²) in [5, 5.41) is 9.40. The van der Waals surface area contributed by atoms with Crippen molar-refractivity contribution in [2.24, 2.45) is 5.73 Å². The number of esters is 1. The van der Waals surface area contributed by atoms with Gasteiger partial charge in [0.25, 0.3) is 0 Å². The molecule has 4 nitrogen and oxygen atoms in total. The average Bonchev–Trinajstić information content (AvgIpc) is 2.39. The van der Waals surface area contributed by atoms with Crippen LogP contribution < -0.4 is 5.73 Å². The Hall–Kier alpha value is -1.28. The molecule has 0 bridgehead atoms. The molecule has 1 unspecified atom stereocenters. The third-order valence-electron chi connectivity index (χ3n) is 2.35. The van der Waals surface area contributed by atoms with Crippen molar-refractivity contribution in [2.45, 2.75) is 19.1 Å². The highest BCUT2D eigenvalue weighted by Crippen LogP contribution is 2.34. The van der Waals surface area contributed by atoms with Gasteiger partial charge in [0.05, 0.1) is 17.1 Å². The summed E-state index contributed by atoms with van der Waals surface area (Å²) in [7, 11) is 0. The van der Waals surface area contributed by atoms with E-state index < -0.39 is 41.1 Å². The van der Waals surface area contributed by atoms with Crippen LogP contribution in [0.5, 0.6) is 5.75 Å². The van der Waals surface area contributed by atoms with Gasteiger partial charge in [0.2, 0.25) is 12.0 Å². The topological polar surface area (TPSA) is 72.5 Å². The average molecular weight is 342 g/mol. The number of ether oxygens (including phenoxy) is 1. The molecule has 0 saturated carbocycles. The molecular weight excluding hydrogens is 331 g/mol. The maximum absolute atomic E-state index is 13.7. The number of hydrogen-bond donors (Lipinski definition) is 2. The van der Waals surface area contributed by atoms with Crippen molar-refractivity contribution >= 4 is 21.9 Å². The van der Waals surface area contributed by atoms with E-state index in [1.807, 2.05) is 0 Å². The monoisotopic (exact) mass is 341 g/mol. The number of hydrogen-bond acceptors (Lipinski definition) is 4. The van der Waals surface area contributed by atoms with Crippen molar-refractivity contribution in [3.8, 4) is 5.75 Å². The van der Waals surface area contributed by atoms with Gasteiger partial charge in [-0.2, -0.15) is 4.39 Å². The molecule has 106 valence electrons. The first-order chi connectivity index (χ1) is 8.81. The molecule has 0 heterocycles. The summed E-state index contributed by atoms with van der Waals surface area (Å²) in [6, 6.07) is -0.769. The zero-order valence-electron chi connectivity index (χ0n) is 9.79. The Morgan fingerprint density at radius 2 is 2.11 bits per heavy atom. The Balaban J connectivity index is 3.13. The second kappa shape index (κ2) is 6.25. The summed E-state index contributed by atoms with van der Waals surface area (Å²) in [6.07, 6.45) is -2.30. The molecule has 2 atom stereocenters. The standard InChI is InChI=1S/C11H11BrF3NO3/c1-2-19-11(18)8(15)9(16)4-3-5(12)6(13)7(14)10(4)17/h3,8-9,17H,2,16H2,1H3/t8?,9-/m1/s1. The summed E-state index contributed by atoms with van der Waals surface area (Å²) in [5.41, 5.74) is 4.97. The molecule has 0 aliphatic rings. The molecule has 0 saturated heterocycles. The lowest BCUT2D eigenvalue weighted by atomic mass is 10.0. The molecule has 0 aromatic heterocycles. The molecule has 19 heavy (non-hydrogen) atoms. The molecule has 0 aliphatic heterocycles. The van der Waals surface area contributed by atoms with Crippen LogP contribution in [0.15, 0.2) is 10.5 Å². The number of halogens is 4. The van der Waals surface area contributed by atoms with E-state index in [1.165, 1.54) is 6.92 Å². The number of carbonyl (C=O) groups is 1. The van der Waals surface area contributed by atoms with Crippen molar-refractivity contribution in [1.82, 2.24) is 0 Å². The summed E-state index contributed by atoms with van der Waals surface area (Å²) in [5.74, 6) is -5.29. The van der Waals surface area contributed by atoms with Gasteiger partial charge in [-0.3, -0.25) is 0 Å². The minimum Gasteiger partial charge on any atom is -0.505 e. The Bertz CT molecular complexity index is 499. The van der Waals surface area contributed by atoms with Crippen molar-refractivity contribution in [1.29, 1.82) is 0 Å². The van der Waals surface area contributed by atoms with E-state index in [4.69, 9.17) is 5.73 Å². The van der Waals surface area contributed by atoms with Crippen LogP contribution in [0.25, 0.3) is 0 Å². The highest BCUT2D eigenvalue weighted by molar-refractivity contribution is 9.10. The number of aromatic hydroxyl groups is 1. The fourth-order valence-corrected chi connectivity index (χ4v) is 1.80. The van der Waals surface area contributed by atoms with Gasteiger partial charge in [-0.1, -0.05) is 0 Å². The Kier molecular flexibility index (Phi) is 5.19. The lowest BCUT2D eigenvalue weighted by Gasteiger charge is -2.17.